The van der Waals surface area contributed by atoms with E-state index < -0.39 is 0 Å². The molecule has 0 spiro atoms. The second-order valence-electron chi connectivity index (χ2n) is 7.99. The van der Waals surface area contributed by atoms with E-state index in [4.69, 9.17) is 0 Å². The van der Waals surface area contributed by atoms with Gasteiger partial charge in [0.1, 0.15) is 0 Å². The fourth-order valence-corrected chi connectivity index (χ4v) is 5.72. The Morgan fingerprint density at radius 3 is 2.28 bits per heavy atom. The highest BCUT2D eigenvalue weighted by Gasteiger charge is 2.42. The summed E-state index contributed by atoms with van der Waals surface area (Å²) in [4.78, 5) is 45.5. The van der Waals surface area contributed by atoms with Crippen LogP contribution in [0.15, 0.2) is 59.3 Å². The van der Waals surface area contributed by atoms with Crippen molar-refractivity contribution in [2.45, 2.75) is 19.0 Å². The van der Waals surface area contributed by atoms with Crippen LogP contribution in [-0.4, -0.2) is 59.6 Å². The number of ketones is 1. The zero-order valence-electron chi connectivity index (χ0n) is 17.5. The molecule has 1 atom stereocenters. The molecule has 2 aliphatic heterocycles. The lowest BCUT2D eigenvalue weighted by molar-refractivity contribution is -0.140. The van der Waals surface area contributed by atoms with Gasteiger partial charge in [0.05, 0.1) is 23.9 Å². The second kappa shape index (κ2) is 8.97. The van der Waals surface area contributed by atoms with Crippen molar-refractivity contribution < 1.29 is 14.4 Å². The molecule has 2 amide bonds. The minimum absolute atomic E-state index is 0.0490. The Kier molecular flexibility index (Phi) is 5.91. The average molecular weight is 466 g/mol. The maximum Gasteiger partial charge on any atom is 0.247 e. The Hall–Kier alpha value is -2.81. The first-order valence-corrected chi connectivity index (χ1v) is 12.4. The van der Waals surface area contributed by atoms with Crippen LogP contribution in [0, 0.1) is 0 Å². The van der Waals surface area contributed by atoms with Crippen LogP contribution in [0.4, 0.5) is 5.69 Å². The van der Waals surface area contributed by atoms with Crippen molar-refractivity contribution in [1.82, 2.24) is 9.80 Å². The molecule has 1 unspecified atom stereocenters. The average Bonchev–Trinajstić information content (AvgIpc) is 3.59. The van der Waals surface area contributed by atoms with Gasteiger partial charge in [-0.05, 0) is 47.2 Å². The van der Waals surface area contributed by atoms with E-state index in [2.05, 4.69) is 9.80 Å². The van der Waals surface area contributed by atoms with Crippen LogP contribution in [0.1, 0.15) is 26.5 Å². The molecule has 0 N–H and O–H groups in total. The maximum absolute atomic E-state index is 12.9. The molecule has 5 rings (SSSR count). The van der Waals surface area contributed by atoms with E-state index >= 15 is 0 Å². The number of hydrogen-bond donors (Lipinski definition) is 0. The van der Waals surface area contributed by atoms with Gasteiger partial charge >= 0.3 is 0 Å². The molecule has 0 saturated carbocycles. The number of carbonyl (C=O) groups is 3. The first-order chi connectivity index (χ1) is 15.6. The number of amides is 2. The number of carbonyl (C=O) groups excluding carboxylic acids is 3. The van der Waals surface area contributed by atoms with Gasteiger partial charge in [0, 0.05) is 42.3 Å². The van der Waals surface area contributed by atoms with E-state index in [1.54, 1.807) is 11.3 Å². The third-order valence-electron chi connectivity index (χ3n) is 6.11. The van der Waals surface area contributed by atoms with Crippen molar-refractivity contribution in [2.24, 2.45) is 0 Å². The SMILES string of the molecule is O=C(c1ccc(N2CCN(C3CC(=O)N(Cc4cccs4)C3=O)CC2)cc1)c1cccs1. The van der Waals surface area contributed by atoms with Gasteiger partial charge in [0.15, 0.2) is 0 Å². The van der Waals surface area contributed by atoms with Crippen LogP contribution < -0.4 is 4.90 Å². The molecule has 0 radical (unpaired) electrons. The fourth-order valence-electron chi connectivity index (χ4n) is 4.34. The smallest absolute Gasteiger partial charge is 0.247 e. The number of anilines is 1. The summed E-state index contributed by atoms with van der Waals surface area (Å²) < 4.78 is 0. The number of piperazine rings is 1. The number of hydrogen-bond acceptors (Lipinski definition) is 7. The summed E-state index contributed by atoms with van der Waals surface area (Å²) in [5, 5.41) is 3.87. The quantitative estimate of drug-likeness (QED) is 0.412. The fraction of sp³-hybridized carbons (Fsp3) is 0.292. The van der Waals surface area contributed by atoms with Gasteiger partial charge in [-0.1, -0.05) is 12.1 Å². The third kappa shape index (κ3) is 4.13. The number of nitrogens with zero attached hydrogens (tertiary/aromatic N) is 3. The Balaban J connectivity index is 1.19. The molecular formula is C24H23N3O3S2. The van der Waals surface area contributed by atoms with Crippen LogP contribution in [0.2, 0.25) is 0 Å². The molecule has 3 aromatic rings. The van der Waals surface area contributed by atoms with Crippen LogP contribution in [-0.2, 0) is 16.1 Å². The van der Waals surface area contributed by atoms with Gasteiger partial charge in [-0.25, -0.2) is 0 Å². The Morgan fingerprint density at radius 2 is 1.62 bits per heavy atom. The van der Waals surface area contributed by atoms with Crippen LogP contribution in [0.3, 0.4) is 0 Å². The summed E-state index contributed by atoms with van der Waals surface area (Å²) in [6, 6.07) is 15.0. The molecule has 1 aromatic carbocycles. The topological polar surface area (TPSA) is 60.9 Å². The first-order valence-electron chi connectivity index (χ1n) is 10.6. The summed E-state index contributed by atoms with van der Waals surface area (Å²) in [5.74, 6) is -0.108. The Labute approximate surface area is 194 Å². The predicted molar refractivity (Wildman–Crippen MR) is 126 cm³/mol. The summed E-state index contributed by atoms with van der Waals surface area (Å²) in [6.07, 6.45) is 0.268. The molecule has 32 heavy (non-hydrogen) atoms. The van der Waals surface area contributed by atoms with E-state index in [-0.39, 0.29) is 30.1 Å². The highest BCUT2D eigenvalue weighted by Crippen LogP contribution is 2.25. The van der Waals surface area contributed by atoms with Gasteiger partial charge in [0.25, 0.3) is 0 Å². The summed E-state index contributed by atoms with van der Waals surface area (Å²) in [6.45, 7) is 3.39. The van der Waals surface area contributed by atoms with Crippen molar-refractivity contribution in [3.05, 3.63) is 74.6 Å². The van der Waals surface area contributed by atoms with E-state index in [1.807, 2.05) is 59.3 Å². The summed E-state index contributed by atoms with van der Waals surface area (Å²) >= 11 is 3.02. The van der Waals surface area contributed by atoms with Crippen molar-refractivity contribution in [2.75, 3.05) is 31.1 Å². The maximum atomic E-state index is 12.9. The minimum atomic E-state index is -0.351. The lowest BCUT2D eigenvalue weighted by Crippen LogP contribution is -2.52. The van der Waals surface area contributed by atoms with Gasteiger partial charge in [-0.3, -0.25) is 24.2 Å². The molecule has 2 fully saturated rings. The number of benzene rings is 1. The van der Waals surface area contributed by atoms with Gasteiger partial charge < -0.3 is 4.90 Å². The number of thiophene rings is 2. The predicted octanol–water partition coefficient (Wildman–Crippen LogP) is 3.49. The second-order valence-corrected chi connectivity index (χ2v) is 9.97. The van der Waals surface area contributed by atoms with Crippen LogP contribution in [0.25, 0.3) is 0 Å². The molecule has 4 heterocycles. The van der Waals surface area contributed by atoms with Crippen LogP contribution in [0.5, 0.6) is 0 Å². The Morgan fingerprint density at radius 1 is 0.906 bits per heavy atom. The standard InChI is InChI=1S/C24H23N3O3S2/c28-22-15-20(24(30)27(22)16-19-3-1-13-31-19)26-11-9-25(10-12-26)18-7-5-17(6-8-18)23(29)21-4-2-14-32-21/h1-8,13-14,20H,9-12,15-16H2. The highest BCUT2D eigenvalue weighted by atomic mass is 32.1. The van der Waals surface area contributed by atoms with Gasteiger partial charge in [0.2, 0.25) is 17.6 Å². The highest BCUT2D eigenvalue weighted by molar-refractivity contribution is 7.12. The van der Waals surface area contributed by atoms with E-state index in [0.29, 0.717) is 12.1 Å². The molecule has 2 saturated heterocycles. The molecule has 0 bridgehead atoms. The number of rotatable bonds is 6. The number of likely N-dealkylation sites (tertiary alicyclic amines) is 1. The normalized spacial score (nSPS) is 19.7. The van der Waals surface area contributed by atoms with E-state index in [0.717, 1.165) is 41.6 Å². The molecule has 2 aromatic heterocycles. The van der Waals surface area contributed by atoms with Crippen molar-refractivity contribution >= 4 is 46.0 Å². The van der Waals surface area contributed by atoms with Crippen molar-refractivity contribution in [3.63, 3.8) is 0 Å². The Bertz CT molecular complexity index is 1100. The number of imide groups is 1. The molecule has 6 nitrogen and oxygen atoms in total. The third-order valence-corrected chi connectivity index (χ3v) is 7.84. The monoisotopic (exact) mass is 465 g/mol. The first kappa shape index (κ1) is 21.1. The zero-order chi connectivity index (χ0) is 22.1. The molecular weight excluding hydrogens is 442 g/mol. The lowest BCUT2D eigenvalue weighted by Gasteiger charge is -2.38. The van der Waals surface area contributed by atoms with E-state index in [9.17, 15) is 14.4 Å². The van der Waals surface area contributed by atoms with E-state index in [1.165, 1.54) is 16.2 Å². The van der Waals surface area contributed by atoms with Gasteiger partial charge in [-0.2, -0.15) is 0 Å². The zero-order valence-corrected chi connectivity index (χ0v) is 19.1. The minimum Gasteiger partial charge on any atom is -0.369 e. The lowest BCUT2D eigenvalue weighted by atomic mass is 10.1. The largest absolute Gasteiger partial charge is 0.369 e. The molecule has 8 heteroatoms. The van der Waals surface area contributed by atoms with Gasteiger partial charge in [-0.15, -0.1) is 22.7 Å². The van der Waals surface area contributed by atoms with Crippen LogP contribution >= 0.6 is 22.7 Å². The molecule has 2 aliphatic rings. The molecule has 164 valence electrons. The summed E-state index contributed by atoms with van der Waals surface area (Å²) in [5.41, 5.74) is 1.76. The molecule has 0 aliphatic carbocycles. The van der Waals surface area contributed by atoms with Crippen molar-refractivity contribution in [1.29, 1.82) is 0 Å². The van der Waals surface area contributed by atoms with Crippen molar-refractivity contribution in [3.8, 4) is 0 Å². The summed E-state index contributed by atoms with van der Waals surface area (Å²) in [7, 11) is 0.